The number of carbonyl (C=O) groups excluding carboxylic acids is 3. The number of rotatable bonds is 5. The first-order valence-electron chi connectivity index (χ1n) is 30.9. The number of piperidine rings is 3. The molecule has 3 amide bonds. The van der Waals surface area contributed by atoms with E-state index >= 15 is 0 Å². The van der Waals surface area contributed by atoms with Gasteiger partial charge in [0.1, 0.15) is 6.61 Å². The number of piperazine rings is 3. The van der Waals surface area contributed by atoms with Crippen molar-refractivity contribution in [3.63, 3.8) is 0 Å². The van der Waals surface area contributed by atoms with E-state index in [0.717, 1.165) is 169 Å². The van der Waals surface area contributed by atoms with Crippen molar-refractivity contribution in [2.24, 2.45) is 5.41 Å². The summed E-state index contributed by atoms with van der Waals surface area (Å²) in [5, 5.41) is 0. The van der Waals surface area contributed by atoms with Crippen molar-refractivity contribution < 1.29 is 23.9 Å². The summed E-state index contributed by atoms with van der Waals surface area (Å²) in [5.41, 5.74) is 40.5. The second-order valence-electron chi connectivity index (χ2n) is 24.7. The molecule has 2 spiro atoms. The fourth-order valence-corrected chi connectivity index (χ4v) is 14.3. The van der Waals surface area contributed by atoms with Gasteiger partial charge in [-0.2, -0.15) is 0 Å². The highest BCUT2D eigenvalue weighted by atomic mass is 16.6. The normalized spacial score (nSPS) is 23.4. The number of anilines is 10. The van der Waals surface area contributed by atoms with E-state index in [2.05, 4.69) is 60.9 Å². The second-order valence-corrected chi connectivity index (χ2v) is 24.7. The summed E-state index contributed by atoms with van der Waals surface area (Å²) >= 11 is 0. The number of cyclic esters (lactones) is 1. The zero-order chi connectivity index (χ0) is 60.7. The Kier molecular flexibility index (Phi) is 18.4. The minimum atomic E-state index is -0.197. The average Bonchev–Trinajstić information content (AvgIpc) is 3.50. The minimum Gasteiger partial charge on any atom is -0.447 e. The molecule has 10 saturated heterocycles. The molecular formula is C63H87N19O5. The number of aromatic nitrogens is 5. The molecule has 10 fully saturated rings. The number of nitrogen functional groups attached to an aromatic ring is 5. The summed E-state index contributed by atoms with van der Waals surface area (Å²) in [4.78, 5) is 74.7. The van der Waals surface area contributed by atoms with Gasteiger partial charge in [0.2, 0.25) is 11.8 Å². The van der Waals surface area contributed by atoms with Crippen LogP contribution in [0.25, 0.3) is 0 Å². The molecule has 0 radical (unpaired) electrons. The monoisotopic (exact) mass is 1190 g/mol. The van der Waals surface area contributed by atoms with E-state index in [1.54, 1.807) is 54.5 Å². The van der Waals surface area contributed by atoms with Crippen molar-refractivity contribution in [3.8, 4) is 0 Å². The molecule has 15 heterocycles. The van der Waals surface area contributed by atoms with Crippen LogP contribution in [0, 0.1) is 5.41 Å². The summed E-state index contributed by atoms with van der Waals surface area (Å²) in [6, 6.07) is 10.9. The van der Waals surface area contributed by atoms with Crippen LogP contribution >= 0.6 is 0 Å². The Labute approximate surface area is 510 Å². The van der Waals surface area contributed by atoms with Crippen molar-refractivity contribution in [1.82, 2.24) is 44.5 Å². The fraction of sp³-hybridized carbons (Fsp3) is 0.524. The number of amides is 3. The molecule has 10 aliphatic heterocycles. The molecule has 464 valence electrons. The van der Waals surface area contributed by atoms with Gasteiger partial charge in [-0.3, -0.25) is 39.4 Å². The highest BCUT2D eigenvalue weighted by Gasteiger charge is 2.46. The molecule has 3 atom stereocenters. The Hall–Kier alpha value is -8.54. The van der Waals surface area contributed by atoms with Gasteiger partial charge in [-0.25, -0.2) is 4.79 Å². The number of carbonyl (C=O) groups is 3. The largest absolute Gasteiger partial charge is 0.447 e. The molecule has 3 unspecified atom stereocenters. The van der Waals surface area contributed by atoms with Crippen LogP contribution in [0.3, 0.4) is 0 Å². The van der Waals surface area contributed by atoms with E-state index in [0.29, 0.717) is 55.0 Å². The molecule has 10 N–H and O–H groups in total. The number of allylic oxidation sites excluding steroid dienone is 1. The van der Waals surface area contributed by atoms with Gasteiger partial charge in [0.15, 0.2) is 0 Å². The lowest BCUT2D eigenvalue weighted by Gasteiger charge is -2.47. The van der Waals surface area contributed by atoms with Crippen LogP contribution < -0.4 is 53.2 Å². The molecule has 5 aromatic rings. The number of ether oxygens (including phenoxy) is 2. The van der Waals surface area contributed by atoms with Crippen molar-refractivity contribution in [2.45, 2.75) is 94.3 Å². The quantitative estimate of drug-likeness (QED) is 0.152. The van der Waals surface area contributed by atoms with Crippen molar-refractivity contribution in [1.29, 1.82) is 0 Å². The lowest BCUT2D eigenvalue weighted by Crippen LogP contribution is -2.54. The third-order valence-electron chi connectivity index (χ3n) is 19.5. The van der Waals surface area contributed by atoms with Crippen LogP contribution in [0.4, 0.5) is 61.7 Å². The molecule has 24 nitrogen and oxygen atoms in total. The molecule has 10 aliphatic rings. The van der Waals surface area contributed by atoms with Crippen LogP contribution in [0.5, 0.6) is 0 Å². The highest BCUT2D eigenvalue weighted by Crippen LogP contribution is 2.42. The number of nitrogens with zero attached hydrogens (tertiary/aromatic N) is 14. The van der Waals surface area contributed by atoms with E-state index in [1.165, 1.54) is 31.4 Å². The maximum Gasteiger partial charge on any atom is 0.410 e. The van der Waals surface area contributed by atoms with Gasteiger partial charge >= 0.3 is 6.09 Å². The summed E-state index contributed by atoms with van der Waals surface area (Å²) < 4.78 is 10.4. The zero-order valence-electron chi connectivity index (χ0n) is 50.4. The van der Waals surface area contributed by atoms with E-state index < -0.39 is 0 Å². The van der Waals surface area contributed by atoms with Crippen molar-refractivity contribution in [2.75, 3.05) is 165 Å². The number of hydrogen-bond acceptors (Lipinski definition) is 21. The van der Waals surface area contributed by atoms with Gasteiger partial charge in [0.05, 0.1) is 114 Å². The molecular weight excluding hydrogens is 1100 g/mol. The minimum absolute atomic E-state index is 0.0926. The molecule has 0 aromatic carbocycles. The predicted octanol–water partition coefficient (Wildman–Crippen LogP) is 5.17. The Morgan fingerprint density at radius 1 is 0.483 bits per heavy atom. The van der Waals surface area contributed by atoms with Gasteiger partial charge in [0, 0.05) is 152 Å². The standard InChI is InChI=1S/C14H20N4O.C14H20N4.C12H16N4O.C12H17N3O.C11H14N4O2/c1-17-13(19)2-4-14(17)5-8-18(9-6-14)12-3-7-16-10-11(12)15;1-11-3-2-4-12-10-17(7-8-18(11)12)14-5-6-16-9-13(14)15;13-10-6-14-4-3-11(10)15-7-9-2-1-5-16(9)12(17)8-15;13-10-7-14-4-1-11(10)15-5-2-12(3-6-15)8-16-9-12;12-9-5-13-2-1-10(9)14-3-4-15-8(6-14)7-17-11(15)16/h3,7,10H,2,4-6,8-9,15H2,1H3;5-6,9,12H,1-4,7-8,10,15H2;3-4,6,9H,1-2,5,7-8,13H2;1,4,7H,2-3,5-6,8-9,13H2;1-2,5,8H,3-4,6-7,12H2. The van der Waals surface area contributed by atoms with E-state index in [9.17, 15) is 14.4 Å². The third kappa shape index (κ3) is 13.4. The van der Waals surface area contributed by atoms with Gasteiger partial charge in [-0.05, 0) is 94.5 Å². The van der Waals surface area contributed by atoms with E-state index in [4.69, 9.17) is 38.1 Å². The third-order valence-corrected chi connectivity index (χ3v) is 19.5. The van der Waals surface area contributed by atoms with Crippen LogP contribution in [-0.4, -0.2) is 198 Å². The topological polar surface area (TPSA) is 293 Å². The maximum absolute atomic E-state index is 12.0. The summed E-state index contributed by atoms with van der Waals surface area (Å²) in [5.74, 6) is 0.506. The van der Waals surface area contributed by atoms with Crippen molar-refractivity contribution in [3.05, 3.63) is 105 Å². The Bertz CT molecular complexity index is 3200. The molecule has 5 aromatic heterocycles. The lowest BCUT2D eigenvalue weighted by molar-refractivity contribution is -0.132. The zero-order valence-corrected chi connectivity index (χ0v) is 50.4. The van der Waals surface area contributed by atoms with Gasteiger partial charge < -0.3 is 77.3 Å². The summed E-state index contributed by atoms with van der Waals surface area (Å²) in [6.45, 7) is 18.2. The number of pyridine rings is 5. The predicted molar refractivity (Wildman–Crippen MR) is 341 cm³/mol. The molecule has 0 aliphatic carbocycles. The number of fused-ring (bicyclic) bond motifs is 3. The average molecular weight is 1190 g/mol. The lowest BCUT2D eigenvalue weighted by atomic mass is 9.77. The van der Waals surface area contributed by atoms with Gasteiger partial charge in [0.25, 0.3) is 0 Å². The van der Waals surface area contributed by atoms with E-state index in [-0.39, 0.29) is 29.5 Å². The summed E-state index contributed by atoms with van der Waals surface area (Å²) in [7, 11) is 1.95. The maximum atomic E-state index is 12.0. The molecule has 0 saturated carbocycles. The number of hydrogen-bond donors (Lipinski definition) is 5. The van der Waals surface area contributed by atoms with E-state index in [1.807, 2.05) is 59.6 Å². The van der Waals surface area contributed by atoms with Crippen LogP contribution in [-0.2, 0) is 19.1 Å². The number of nitrogens with two attached hydrogens (primary N) is 5. The van der Waals surface area contributed by atoms with Crippen LogP contribution in [0.1, 0.15) is 70.6 Å². The first kappa shape index (κ1) is 60.2. The van der Waals surface area contributed by atoms with Crippen LogP contribution in [0.15, 0.2) is 105 Å². The van der Waals surface area contributed by atoms with Gasteiger partial charge in [-0.1, -0.05) is 6.58 Å². The molecule has 87 heavy (non-hydrogen) atoms. The second kappa shape index (κ2) is 26.6. The fourth-order valence-electron chi connectivity index (χ4n) is 14.3. The van der Waals surface area contributed by atoms with Crippen molar-refractivity contribution >= 4 is 74.8 Å². The Morgan fingerprint density at radius 3 is 1.41 bits per heavy atom. The number of likely N-dealkylation sites (tertiary alicyclic amines) is 1. The summed E-state index contributed by atoms with van der Waals surface area (Å²) in [6.07, 6.45) is 29.2. The Balaban J connectivity index is 0.000000113. The van der Waals surface area contributed by atoms with Crippen LogP contribution in [0.2, 0.25) is 0 Å². The SMILES string of the molecule is C=C1CCCC2CN(c3ccncc3N)CCN12.CN1C(=O)CCC12CCN(c1ccncc1N)CC2.Nc1cnccc1N1CC(=O)N2CCCC2C1.Nc1cnccc1N1CCC2(CC1)COC2.Nc1cnccc1N1CCN2C(=O)OCC2C1. The first-order valence-corrected chi connectivity index (χ1v) is 30.9. The smallest absolute Gasteiger partial charge is 0.410 e. The molecule has 24 heteroatoms. The molecule has 0 bridgehead atoms. The Morgan fingerprint density at radius 2 is 0.931 bits per heavy atom. The highest BCUT2D eigenvalue weighted by molar-refractivity contribution is 5.85. The first-order chi connectivity index (χ1) is 42.2. The molecule has 15 rings (SSSR count). The van der Waals surface area contributed by atoms with Gasteiger partial charge in [-0.15, -0.1) is 0 Å².